The zero-order valence-corrected chi connectivity index (χ0v) is 9.63. The van der Waals surface area contributed by atoms with Crippen LogP contribution < -0.4 is 0 Å². The number of aromatic nitrogens is 3. The fourth-order valence-electron chi connectivity index (χ4n) is 2.17. The van der Waals surface area contributed by atoms with Crippen LogP contribution in [-0.4, -0.2) is 20.3 Å². The van der Waals surface area contributed by atoms with Gasteiger partial charge in [-0.05, 0) is 25.0 Å². The second kappa shape index (κ2) is 4.08. The first kappa shape index (κ1) is 10.7. The second-order valence-electron chi connectivity index (χ2n) is 4.20. The lowest BCUT2D eigenvalue weighted by Gasteiger charge is -2.12. The molecule has 0 bridgehead atoms. The highest BCUT2D eigenvalue weighted by molar-refractivity contribution is 5.97. The number of aryl methyl sites for hydroxylation is 1. The molecule has 5 nitrogen and oxygen atoms in total. The van der Waals surface area contributed by atoms with Crippen LogP contribution in [0.4, 0.5) is 0 Å². The molecule has 1 aliphatic rings. The first-order chi connectivity index (χ1) is 8.79. The van der Waals surface area contributed by atoms with Crippen molar-refractivity contribution in [3.05, 3.63) is 41.6 Å². The van der Waals surface area contributed by atoms with Crippen LogP contribution >= 0.6 is 0 Å². The zero-order valence-electron chi connectivity index (χ0n) is 9.63. The molecule has 0 saturated heterocycles. The summed E-state index contributed by atoms with van der Waals surface area (Å²) >= 11 is 0. The lowest BCUT2D eigenvalue weighted by Crippen LogP contribution is -2.15. The Hall–Kier alpha value is -2.48. The van der Waals surface area contributed by atoms with E-state index in [9.17, 15) is 4.79 Å². The van der Waals surface area contributed by atoms with Crippen molar-refractivity contribution in [2.75, 3.05) is 0 Å². The molecule has 0 atom stereocenters. The van der Waals surface area contributed by atoms with Crippen LogP contribution in [0.1, 0.15) is 34.6 Å². The lowest BCUT2D eigenvalue weighted by molar-refractivity contribution is 0.0965. The zero-order chi connectivity index (χ0) is 12.5. The van der Waals surface area contributed by atoms with Gasteiger partial charge in [0.25, 0.3) is 0 Å². The van der Waals surface area contributed by atoms with E-state index in [0.29, 0.717) is 23.5 Å². The largest absolute Gasteiger partial charge is 0.292 e. The van der Waals surface area contributed by atoms with Gasteiger partial charge in [0, 0.05) is 12.6 Å². The van der Waals surface area contributed by atoms with Crippen LogP contribution in [-0.2, 0) is 6.42 Å². The number of Topliss-reactive ketones (excluding diaryl/α,β-unsaturated/α-hetero) is 1. The highest BCUT2D eigenvalue weighted by atomic mass is 16.1. The molecule has 0 fully saturated rings. The van der Waals surface area contributed by atoms with Crippen molar-refractivity contribution in [1.82, 2.24) is 14.5 Å². The van der Waals surface area contributed by atoms with Gasteiger partial charge >= 0.3 is 0 Å². The molecule has 2 aromatic rings. The van der Waals surface area contributed by atoms with Crippen molar-refractivity contribution in [2.24, 2.45) is 0 Å². The van der Waals surface area contributed by atoms with Crippen LogP contribution in [0.2, 0.25) is 0 Å². The minimum Gasteiger partial charge on any atom is -0.292 e. The van der Waals surface area contributed by atoms with E-state index >= 15 is 0 Å². The average Bonchev–Trinajstić information content (AvgIpc) is 2.84. The van der Waals surface area contributed by atoms with E-state index in [0.717, 1.165) is 18.5 Å². The van der Waals surface area contributed by atoms with Crippen LogP contribution in [0, 0.1) is 11.3 Å². The van der Waals surface area contributed by atoms with Crippen molar-refractivity contribution >= 4 is 5.78 Å². The number of ketones is 1. The summed E-state index contributed by atoms with van der Waals surface area (Å²) in [6.07, 6.45) is 5.39. The molecule has 1 aliphatic carbocycles. The third-order valence-corrected chi connectivity index (χ3v) is 3.05. The molecule has 0 N–H and O–H groups in total. The first-order valence-corrected chi connectivity index (χ1v) is 5.75. The molecule has 0 amide bonds. The fraction of sp³-hybridized carbons (Fsp3) is 0.231. The standard InChI is InChI=1S/C13H10N4O/c14-6-9-4-5-12(15-7-9)17-8-16-10-2-1-3-11(18)13(10)17/h4-5,7-8H,1-3H2. The summed E-state index contributed by atoms with van der Waals surface area (Å²) in [4.78, 5) is 20.4. The molecule has 0 aliphatic heterocycles. The Morgan fingerprint density at radius 3 is 2.89 bits per heavy atom. The van der Waals surface area contributed by atoms with Gasteiger partial charge in [-0.15, -0.1) is 0 Å². The van der Waals surface area contributed by atoms with Crippen LogP contribution in [0.5, 0.6) is 0 Å². The van der Waals surface area contributed by atoms with E-state index in [1.54, 1.807) is 23.0 Å². The third kappa shape index (κ3) is 1.59. The Kier molecular flexibility index (Phi) is 2.41. The van der Waals surface area contributed by atoms with Gasteiger partial charge in [-0.2, -0.15) is 5.26 Å². The average molecular weight is 238 g/mol. The first-order valence-electron chi connectivity index (χ1n) is 5.75. The normalized spacial score (nSPS) is 14.1. The summed E-state index contributed by atoms with van der Waals surface area (Å²) in [6.45, 7) is 0. The Bertz CT molecular complexity index is 649. The smallest absolute Gasteiger partial charge is 0.181 e. The van der Waals surface area contributed by atoms with E-state index in [1.165, 1.54) is 6.20 Å². The second-order valence-corrected chi connectivity index (χ2v) is 4.20. The maximum Gasteiger partial charge on any atom is 0.181 e. The fourth-order valence-corrected chi connectivity index (χ4v) is 2.17. The van der Waals surface area contributed by atoms with E-state index in [2.05, 4.69) is 9.97 Å². The Morgan fingerprint density at radius 1 is 1.28 bits per heavy atom. The minimum atomic E-state index is 0.111. The molecular weight excluding hydrogens is 228 g/mol. The number of pyridine rings is 1. The Morgan fingerprint density at radius 2 is 2.17 bits per heavy atom. The molecule has 3 rings (SSSR count). The highest BCUT2D eigenvalue weighted by Crippen LogP contribution is 2.22. The van der Waals surface area contributed by atoms with Crippen molar-refractivity contribution in [1.29, 1.82) is 5.26 Å². The predicted molar refractivity (Wildman–Crippen MR) is 63.3 cm³/mol. The molecule has 0 unspecified atom stereocenters. The van der Waals surface area contributed by atoms with Crippen molar-refractivity contribution < 1.29 is 4.79 Å². The number of fused-ring (bicyclic) bond motifs is 1. The van der Waals surface area contributed by atoms with Gasteiger partial charge in [-0.25, -0.2) is 9.97 Å². The summed E-state index contributed by atoms with van der Waals surface area (Å²) in [5.41, 5.74) is 1.98. The summed E-state index contributed by atoms with van der Waals surface area (Å²) in [6, 6.07) is 5.42. The maximum atomic E-state index is 11.9. The summed E-state index contributed by atoms with van der Waals surface area (Å²) in [7, 11) is 0. The molecule has 0 radical (unpaired) electrons. The SMILES string of the molecule is N#Cc1ccc(-n2cnc3c2C(=O)CCC3)nc1. The van der Waals surface area contributed by atoms with E-state index < -0.39 is 0 Å². The number of hydrogen-bond donors (Lipinski definition) is 0. The molecular formula is C13H10N4O. The lowest BCUT2D eigenvalue weighted by atomic mass is 10.00. The molecule has 88 valence electrons. The Labute approximate surface area is 104 Å². The quantitative estimate of drug-likeness (QED) is 0.757. The molecule has 2 aromatic heterocycles. The van der Waals surface area contributed by atoms with Crippen LogP contribution in [0.25, 0.3) is 5.82 Å². The van der Waals surface area contributed by atoms with Crippen molar-refractivity contribution in [2.45, 2.75) is 19.3 Å². The number of imidazole rings is 1. The topological polar surface area (TPSA) is 71.6 Å². The molecule has 0 saturated carbocycles. The van der Waals surface area contributed by atoms with Gasteiger partial charge < -0.3 is 0 Å². The van der Waals surface area contributed by atoms with E-state index in [4.69, 9.17) is 5.26 Å². The van der Waals surface area contributed by atoms with Crippen LogP contribution in [0.3, 0.4) is 0 Å². The van der Waals surface area contributed by atoms with E-state index in [-0.39, 0.29) is 5.78 Å². The number of nitrogens with zero attached hydrogens (tertiary/aromatic N) is 4. The molecule has 2 heterocycles. The van der Waals surface area contributed by atoms with Gasteiger partial charge in [0.15, 0.2) is 5.78 Å². The summed E-state index contributed by atoms with van der Waals surface area (Å²) in [5, 5.41) is 8.73. The number of carbonyl (C=O) groups is 1. The van der Waals surface area contributed by atoms with Crippen molar-refractivity contribution in [3.63, 3.8) is 0 Å². The van der Waals surface area contributed by atoms with Gasteiger partial charge in [0.2, 0.25) is 0 Å². The number of carbonyl (C=O) groups excluding carboxylic acids is 1. The third-order valence-electron chi connectivity index (χ3n) is 3.05. The predicted octanol–water partition coefficient (Wildman–Crippen LogP) is 1.66. The summed E-state index contributed by atoms with van der Waals surface area (Å²) in [5.74, 6) is 0.734. The Balaban J connectivity index is 2.09. The highest BCUT2D eigenvalue weighted by Gasteiger charge is 2.23. The number of rotatable bonds is 1. The summed E-state index contributed by atoms with van der Waals surface area (Å²) < 4.78 is 1.71. The van der Waals surface area contributed by atoms with Crippen LogP contribution in [0.15, 0.2) is 24.7 Å². The maximum absolute atomic E-state index is 11.9. The number of nitriles is 1. The molecule has 0 spiro atoms. The minimum absolute atomic E-state index is 0.111. The van der Waals surface area contributed by atoms with Crippen molar-refractivity contribution in [3.8, 4) is 11.9 Å². The van der Waals surface area contributed by atoms with Gasteiger partial charge in [-0.3, -0.25) is 9.36 Å². The van der Waals surface area contributed by atoms with Gasteiger partial charge in [-0.1, -0.05) is 0 Å². The van der Waals surface area contributed by atoms with E-state index in [1.807, 2.05) is 6.07 Å². The van der Waals surface area contributed by atoms with Gasteiger partial charge in [0.1, 0.15) is 23.9 Å². The monoisotopic (exact) mass is 238 g/mol. The van der Waals surface area contributed by atoms with Gasteiger partial charge in [0.05, 0.1) is 11.3 Å². The molecule has 5 heteroatoms. The molecule has 18 heavy (non-hydrogen) atoms. The molecule has 0 aromatic carbocycles. The number of hydrogen-bond acceptors (Lipinski definition) is 4.